The van der Waals surface area contributed by atoms with Crippen molar-refractivity contribution in [2.75, 3.05) is 6.61 Å². The van der Waals surface area contributed by atoms with Gasteiger partial charge in [0.25, 0.3) is 0 Å². The first kappa shape index (κ1) is 11.1. The highest BCUT2D eigenvalue weighted by molar-refractivity contribution is 7.09. The number of nitrogens with zero attached hydrogens (tertiary/aromatic N) is 1. The summed E-state index contributed by atoms with van der Waals surface area (Å²) >= 11 is 1.79. The molecule has 0 radical (unpaired) electrons. The number of rotatable bonds is 4. The van der Waals surface area contributed by atoms with Crippen molar-refractivity contribution in [3.63, 3.8) is 0 Å². The fourth-order valence-electron chi connectivity index (χ4n) is 1.85. The molecule has 2 nitrogen and oxygen atoms in total. The molecule has 0 saturated carbocycles. The molecule has 1 fully saturated rings. The van der Waals surface area contributed by atoms with Crippen LogP contribution in [0.3, 0.4) is 0 Å². The highest BCUT2D eigenvalue weighted by atomic mass is 32.1. The average Bonchev–Trinajstić information content (AvgIpc) is 2.88. The average molecular weight is 225 g/mol. The topological polar surface area (TPSA) is 22.1 Å². The molecule has 1 aliphatic rings. The fraction of sp³-hybridized carbons (Fsp3) is 0.750. The number of ether oxygens (including phenoxy) is 1. The number of aromatic nitrogens is 1. The second kappa shape index (κ2) is 5.08. The highest BCUT2D eigenvalue weighted by Gasteiger charge is 2.18. The maximum absolute atomic E-state index is 5.62. The van der Waals surface area contributed by atoms with Gasteiger partial charge in [-0.3, -0.25) is 0 Å². The molecule has 0 bridgehead atoms. The van der Waals surface area contributed by atoms with E-state index in [-0.39, 0.29) is 0 Å². The molecule has 2 unspecified atom stereocenters. The van der Waals surface area contributed by atoms with Crippen LogP contribution in [0.25, 0.3) is 0 Å². The van der Waals surface area contributed by atoms with Crippen LogP contribution in [0, 0.1) is 0 Å². The zero-order valence-corrected chi connectivity index (χ0v) is 10.3. The molecule has 1 aromatic heterocycles. The lowest BCUT2D eigenvalue weighted by atomic mass is 10.1. The van der Waals surface area contributed by atoms with Crippen LogP contribution >= 0.6 is 11.3 Å². The van der Waals surface area contributed by atoms with E-state index in [0.717, 1.165) is 13.0 Å². The third-order valence-corrected chi connectivity index (χ3v) is 4.00. The minimum absolute atomic E-state index is 0.431. The Morgan fingerprint density at radius 3 is 3.20 bits per heavy atom. The second-order valence-corrected chi connectivity index (χ2v) is 5.26. The van der Waals surface area contributed by atoms with Crippen molar-refractivity contribution in [3.8, 4) is 0 Å². The summed E-state index contributed by atoms with van der Waals surface area (Å²) in [4.78, 5) is 4.68. The van der Waals surface area contributed by atoms with Crippen LogP contribution in [0.5, 0.6) is 0 Å². The van der Waals surface area contributed by atoms with Gasteiger partial charge in [0.1, 0.15) is 0 Å². The molecule has 1 aromatic rings. The summed E-state index contributed by atoms with van der Waals surface area (Å²) in [5.41, 5.74) is 1.26. The lowest BCUT2D eigenvalue weighted by molar-refractivity contribution is 0.111. The third kappa shape index (κ3) is 2.79. The Hall–Kier alpha value is -0.410. The Labute approximate surface area is 95.7 Å². The fourth-order valence-corrected chi connectivity index (χ4v) is 2.84. The first-order valence-electron chi connectivity index (χ1n) is 5.85. The van der Waals surface area contributed by atoms with Crippen LogP contribution in [-0.2, 0) is 11.2 Å². The summed E-state index contributed by atoms with van der Waals surface area (Å²) in [6.07, 6.45) is 5.04. The van der Waals surface area contributed by atoms with E-state index in [2.05, 4.69) is 24.2 Å². The molecular weight excluding hydrogens is 206 g/mol. The Bertz CT molecular complexity index is 304. The van der Waals surface area contributed by atoms with E-state index in [1.807, 2.05) is 0 Å². The molecule has 0 aliphatic carbocycles. The predicted octanol–water partition coefficient (Wildman–Crippen LogP) is 3.38. The van der Waals surface area contributed by atoms with Gasteiger partial charge in [0.05, 0.1) is 16.8 Å². The zero-order valence-electron chi connectivity index (χ0n) is 9.53. The molecule has 0 amide bonds. The molecule has 2 heterocycles. The Morgan fingerprint density at radius 2 is 2.53 bits per heavy atom. The van der Waals surface area contributed by atoms with Crippen molar-refractivity contribution >= 4 is 11.3 Å². The van der Waals surface area contributed by atoms with Gasteiger partial charge in [0.2, 0.25) is 0 Å². The molecule has 2 atom stereocenters. The monoisotopic (exact) mass is 225 g/mol. The van der Waals surface area contributed by atoms with Gasteiger partial charge < -0.3 is 4.74 Å². The van der Waals surface area contributed by atoms with Crippen LogP contribution in [0.15, 0.2) is 5.38 Å². The Morgan fingerprint density at radius 1 is 1.67 bits per heavy atom. The third-order valence-electron chi connectivity index (χ3n) is 3.11. The molecule has 84 valence electrons. The zero-order chi connectivity index (χ0) is 10.7. The molecule has 3 heteroatoms. The summed E-state index contributed by atoms with van der Waals surface area (Å²) in [7, 11) is 0. The molecule has 0 N–H and O–H groups in total. The van der Waals surface area contributed by atoms with Gasteiger partial charge in [-0.05, 0) is 25.2 Å². The minimum Gasteiger partial charge on any atom is -0.378 e. The minimum atomic E-state index is 0.431. The molecule has 15 heavy (non-hydrogen) atoms. The Balaban J connectivity index is 1.94. The predicted molar refractivity (Wildman–Crippen MR) is 63.5 cm³/mol. The van der Waals surface area contributed by atoms with Crippen LogP contribution in [0.1, 0.15) is 49.7 Å². The summed E-state index contributed by atoms with van der Waals surface area (Å²) in [6.45, 7) is 5.39. The Kier molecular flexibility index (Phi) is 3.76. The van der Waals surface area contributed by atoms with E-state index in [4.69, 9.17) is 4.74 Å². The highest BCUT2D eigenvalue weighted by Crippen LogP contribution is 2.24. The first-order chi connectivity index (χ1) is 7.29. The van der Waals surface area contributed by atoms with Crippen molar-refractivity contribution < 1.29 is 4.74 Å². The van der Waals surface area contributed by atoms with Gasteiger partial charge in [0, 0.05) is 18.4 Å². The van der Waals surface area contributed by atoms with Crippen LogP contribution < -0.4 is 0 Å². The summed E-state index contributed by atoms with van der Waals surface area (Å²) < 4.78 is 5.62. The quantitative estimate of drug-likeness (QED) is 0.783. The van der Waals surface area contributed by atoms with Gasteiger partial charge in [0.15, 0.2) is 0 Å². The van der Waals surface area contributed by atoms with Gasteiger partial charge in [-0.2, -0.15) is 0 Å². The van der Waals surface area contributed by atoms with E-state index in [9.17, 15) is 0 Å². The van der Waals surface area contributed by atoms with Crippen LogP contribution in [-0.4, -0.2) is 17.7 Å². The van der Waals surface area contributed by atoms with Crippen molar-refractivity contribution in [1.29, 1.82) is 0 Å². The molecule has 1 aliphatic heterocycles. The molecule has 2 rings (SSSR count). The van der Waals surface area contributed by atoms with Gasteiger partial charge >= 0.3 is 0 Å². The maximum Gasteiger partial charge on any atom is 0.0954 e. The molecule has 0 aromatic carbocycles. The maximum atomic E-state index is 5.62. The van der Waals surface area contributed by atoms with Crippen LogP contribution in [0.2, 0.25) is 0 Å². The largest absolute Gasteiger partial charge is 0.378 e. The summed E-state index contributed by atoms with van der Waals surface area (Å²) in [6, 6.07) is 0. The summed E-state index contributed by atoms with van der Waals surface area (Å²) in [5.74, 6) is 0.597. The first-order valence-corrected chi connectivity index (χ1v) is 6.73. The smallest absolute Gasteiger partial charge is 0.0954 e. The van der Waals surface area contributed by atoms with E-state index in [1.165, 1.54) is 30.0 Å². The molecular formula is C12H19NOS. The van der Waals surface area contributed by atoms with E-state index in [1.54, 1.807) is 11.3 Å². The number of hydrogen-bond donors (Lipinski definition) is 0. The van der Waals surface area contributed by atoms with Gasteiger partial charge in [-0.25, -0.2) is 4.98 Å². The molecule has 1 saturated heterocycles. The SMILES string of the molecule is CCC(C)c1csc(CC2CCCO2)n1. The van der Waals surface area contributed by atoms with Crippen molar-refractivity contribution in [2.24, 2.45) is 0 Å². The number of thiazole rings is 1. The van der Waals surface area contributed by atoms with Gasteiger partial charge in [-0.15, -0.1) is 11.3 Å². The van der Waals surface area contributed by atoms with E-state index < -0.39 is 0 Å². The second-order valence-electron chi connectivity index (χ2n) is 4.31. The summed E-state index contributed by atoms with van der Waals surface area (Å²) in [5, 5.41) is 3.45. The van der Waals surface area contributed by atoms with Crippen molar-refractivity contribution in [3.05, 3.63) is 16.1 Å². The van der Waals surface area contributed by atoms with E-state index >= 15 is 0 Å². The van der Waals surface area contributed by atoms with Crippen LogP contribution in [0.4, 0.5) is 0 Å². The van der Waals surface area contributed by atoms with Gasteiger partial charge in [-0.1, -0.05) is 13.8 Å². The number of hydrogen-bond acceptors (Lipinski definition) is 3. The van der Waals surface area contributed by atoms with Crippen molar-refractivity contribution in [2.45, 2.75) is 51.6 Å². The lowest BCUT2D eigenvalue weighted by Gasteiger charge is -2.06. The normalized spacial score (nSPS) is 23.2. The van der Waals surface area contributed by atoms with Crippen molar-refractivity contribution in [1.82, 2.24) is 4.98 Å². The van der Waals surface area contributed by atoms with E-state index in [0.29, 0.717) is 12.0 Å². The standard InChI is InChI=1S/C12H19NOS/c1-3-9(2)11-8-15-12(13-11)7-10-5-4-6-14-10/h8-10H,3-7H2,1-2H3. The molecule has 0 spiro atoms. The lowest BCUT2D eigenvalue weighted by Crippen LogP contribution is -2.08.